The molecule has 2 aliphatic rings. The van der Waals surface area contributed by atoms with Crippen LogP contribution in [-0.2, 0) is 4.79 Å². The number of hydrogen-bond acceptors (Lipinski definition) is 9. The second kappa shape index (κ2) is 9.81. The van der Waals surface area contributed by atoms with Gasteiger partial charge in [-0.3, -0.25) is 4.79 Å². The third-order valence-electron chi connectivity index (χ3n) is 7.77. The molecule has 2 fully saturated rings. The number of carbonyl (C=O) groups is 1. The Labute approximate surface area is 234 Å². The van der Waals surface area contributed by atoms with Gasteiger partial charge in [0.1, 0.15) is 35.5 Å². The molecule has 12 heteroatoms. The summed E-state index contributed by atoms with van der Waals surface area (Å²) >= 11 is 0. The molecular weight excluding hydrogens is 525 g/mol. The van der Waals surface area contributed by atoms with Crippen molar-refractivity contribution >= 4 is 39.9 Å². The minimum absolute atomic E-state index is 0.0198. The third kappa shape index (κ3) is 4.37. The van der Waals surface area contributed by atoms with E-state index in [-0.39, 0.29) is 23.7 Å². The van der Waals surface area contributed by atoms with E-state index in [2.05, 4.69) is 36.8 Å². The molecule has 41 heavy (non-hydrogen) atoms. The van der Waals surface area contributed by atoms with Crippen LogP contribution in [-0.4, -0.2) is 65.5 Å². The lowest BCUT2D eigenvalue weighted by Crippen LogP contribution is -2.55. The third-order valence-corrected chi connectivity index (χ3v) is 7.77. The van der Waals surface area contributed by atoms with Crippen LogP contribution in [0.4, 0.5) is 21.7 Å². The molecule has 0 aliphatic carbocycles. The van der Waals surface area contributed by atoms with E-state index in [9.17, 15) is 4.79 Å². The van der Waals surface area contributed by atoms with E-state index in [4.69, 9.17) is 9.72 Å². The van der Waals surface area contributed by atoms with E-state index < -0.39 is 5.82 Å². The van der Waals surface area contributed by atoms with Crippen molar-refractivity contribution in [3.05, 3.63) is 79.3 Å². The SMILES string of the molecule is C=CC(=O)N1C2CCC1CN(c1ccc3ncnc(Nc4ccc(Oc5ccn6ncnc6c5)c(C)c4F)c3n1)C2. The van der Waals surface area contributed by atoms with Crippen LogP contribution in [0.1, 0.15) is 18.4 Å². The lowest BCUT2D eigenvalue weighted by atomic mass is 10.1. The Bertz CT molecular complexity index is 1810. The Morgan fingerprint density at radius 3 is 2.73 bits per heavy atom. The molecule has 2 bridgehead atoms. The molecule has 206 valence electrons. The van der Waals surface area contributed by atoms with Crippen molar-refractivity contribution in [3.63, 3.8) is 0 Å². The number of hydrogen-bond donors (Lipinski definition) is 1. The molecule has 4 aromatic heterocycles. The zero-order valence-corrected chi connectivity index (χ0v) is 22.2. The standard InChI is InChI=1S/C29H26FN9O2/c1-3-26(40)39-18-4-5-19(39)14-37(13-18)24-9-7-22-28(36-24)29(33-15-31-22)35-21-6-8-23(17(2)27(21)30)41-20-10-11-38-25(12-20)32-16-34-38/h3,6-12,15-16,18-19H,1,4-5,13-14H2,2H3,(H,31,33,35). The fraction of sp³-hybridized carbons (Fsp3) is 0.241. The van der Waals surface area contributed by atoms with Crippen molar-refractivity contribution in [2.24, 2.45) is 0 Å². The van der Waals surface area contributed by atoms with Crippen LogP contribution in [0.15, 0.2) is 67.9 Å². The lowest BCUT2D eigenvalue weighted by molar-refractivity contribution is -0.129. The molecule has 5 aromatic rings. The number of pyridine rings is 2. The van der Waals surface area contributed by atoms with Crippen LogP contribution in [0.25, 0.3) is 16.7 Å². The first-order valence-electron chi connectivity index (χ1n) is 13.3. The number of nitrogens with zero attached hydrogens (tertiary/aromatic N) is 8. The van der Waals surface area contributed by atoms with Gasteiger partial charge in [-0.1, -0.05) is 6.58 Å². The zero-order valence-electron chi connectivity index (χ0n) is 22.2. The minimum Gasteiger partial charge on any atom is -0.457 e. The van der Waals surface area contributed by atoms with Gasteiger partial charge in [-0.25, -0.2) is 28.8 Å². The minimum atomic E-state index is -0.464. The first-order chi connectivity index (χ1) is 20.0. The van der Waals surface area contributed by atoms with Crippen molar-refractivity contribution in [2.75, 3.05) is 23.3 Å². The summed E-state index contributed by atoms with van der Waals surface area (Å²) in [7, 11) is 0. The predicted octanol–water partition coefficient (Wildman–Crippen LogP) is 4.42. The van der Waals surface area contributed by atoms with Gasteiger partial charge in [-0.2, -0.15) is 5.10 Å². The molecule has 0 radical (unpaired) electrons. The van der Waals surface area contributed by atoms with E-state index in [1.165, 1.54) is 18.7 Å². The van der Waals surface area contributed by atoms with Crippen molar-refractivity contribution in [2.45, 2.75) is 31.8 Å². The van der Waals surface area contributed by atoms with Crippen molar-refractivity contribution in [3.8, 4) is 11.5 Å². The van der Waals surface area contributed by atoms with Crippen LogP contribution >= 0.6 is 0 Å². The largest absolute Gasteiger partial charge is 0.457 e. The highest BCUT2D eigenvalue weighted by Crippen LogP contribution is 2.35. The van der Waals surface area contributed by atoms with Gasteiger partial charge < -0.3 is 19.9 Å². The Morgan fingerprint density at radius 1 is 1.10 bits per heavy atom. The highest BCUT2D eigenvalue weighted by molar-refractivity contribution is 5.89. The molecule has 2 saturated heterocycles. The Morgan fingerprint density at radius 2 is 1.93 bits per heavy atom. The fourth-order valence-electron chi connectivity index (χ4n) is 5.74. The number of nitrogens with one attached hydrogen (secondary N) is 1. The number of rotatable bonds is 6. The number of amides is 1. The average molecular weight is 552 g/mol. The van der Waals surface area contributed by atoms with Gasteiger partial charge in [0.2, 0.25) is 5.91 Å². The van der Waals surface area contributed by atoms with Crippen LogP contribution in [0.3, 0.4) is 0 Å². The summed E-state index contributed by atoms with van der Waals surface area (Å²) in [6.07, 6.45) is 7.91. The van der Waals surface area contributed by atoms with Crippen LogP contribution in [0.5, 0.6) is 11.5 Å². The number of fused-ring (bicyclic) bond motifs is 4. The summed E-state index contributed by atoms with van der Waals surface area (Å²) in [4.78, 5) is 34.3. The molecule has 0 saturated carbocycles. The molecular formula is C29H26FN9O2. The molecule has 1 N–H and O–H groups in total. The monoisotopic (exact) mass is 551 g/mol. The molecule has 2 unspecified atom stereocenters. The molecule has 0 spiro atoms. The topological polar surface area (TPSA) is 114 Å². The number of halogens is 1. The predicted molar refractivity (Wildman–Crippen MR) is 151 cm³/mol. The molecule has 7 rings (SSSR count). The number of ether oxygens (including phenoxy) is 1. The molecule has 1 aromatic carbocycles. The van der Waals surface area contributed by atoms with E-state index in [0.717, 1.165) is 18.7 Å². The van der Waals surface area contributed by atoms with E-state index in [1.807, 2.05) is 17.0 Å². The Balaban J connectivity index is 1.15. The van der Waals surface area contributed by atoms with Crippen molar-refractivity contribution in [1.29, 1.82) is 0 Å². The molecule has 1 amide bonds. The molecule has 11 nitrogen and oxygen atoms in total. The number of anilines is 3. The van der Waals surface area contributed by atoms with Crippen molar-refractivity contribution < 1.29 is 13.9 Å². The number of carbonyl (C=O) groups excluding carboxylic acids is 1. The smallest absolute Gasteiger partial charge is 0.246 e. The summed E-state index contributed by atoms with van der Waals surface area (Å²) in [6.45, 7) is 6.68. The summed E-state index contributed by atoms with van der Waals surface area (Å²) in [6, 6.07) is 10.8. The zero-order chi connectivity index (χ0) is 28.1. The number of aromatic nitrogens is 6. The van der Waals surface area contributed by atoms with Crippen molar-refractivity contribution in [1.82, 2.24) is 34.4 Å². The van der Waals surface area contributed by atoms with Crippen LogP contribution in [0, 0.1) is 12.7 Å². The second-order valence-corrected chi connectivity index (χ2v) is 10.2. The maximum absolute atomic E-state index is 15.6. The quantitative estimate of drug-likeness (QED) is 0.307. The van der Waals surface area contributed by atoms with Gasteiger partial charge >= 0.3 is 0 Å². The highest BCUT2D eigenvalue weighted by Gasteiger charge is 2.42. The van der Waals surface area contributed by atoms with E-state index in [0.29, 0.717) is 52.7 Å². The molecule has 2 aliphatic heterocycles. The van der Waals surface area contributed by atoms with Gasteiger partial charge in [-0.15, -0.1) is 0 Å². The summed E-state index contributed by atoms with van der Waals surface area (Å²) < 4.78 is 23.1. The maximum Gasteiger partial charge on any atom is 0.246 e. The van der Waals surface area contributed by atoms with Gasteiger partial charge in [-0.05, 0) is 56.2 Å². The Kier molecular flexibility index (Phi) is 5.95. The first-order valence-corrected chi connectivity index (χ1v) is 13.3. The normalized spacial score (nSPS) is 18.2. The Hall–Kier alpha value is -5.13. The van der Waals surface area contributed by atoms with Crippen LogP contribution in [0.2, 0.25) is 0 Å². The highest BCUT2D eigenvalue weighted by atomic mass is 19.1. The second-order valence-electron chi connectivity index (χ2n) is 10.2. The summed E-state index contributed by atoms with van der Waals surface area (Å²) in [5.74, 6) is 1.58. The molecule has 2 atom stereocenters. The summed E-state index contributed by atoms with van der Waals surface area (Å²) in [5, 5.41) is 7.18. The summed E-state index contributed by atoms with van der Waals surface area (Å²) in [5.41, 5.74) is 2.37. The van der Waals surface area contributed by atoms with Gasteiger partial charge in [0.05, 0.1) is 11.2 Å². The van der Waals surface area contributed by atoms with E-state index >= 15 is 4.39 Å². The molecule has 6 heterocycles. The average Bonchev–Trinajstić information content (AvgIpc) is 3.57. The first kappa shape index (κ1) is 24.9. The van der Waals surface area contributed by atoms with Gasteiger partial charge in [0.15, 0.2) is 17.3 Å². The number of benzene rings is 1. The number of piperazine rings is 1. The van der Waals surface area contributed by atoms with Gasteiger partial charge in [0, 0.05) is 43.0 Å². The van der Waals surface area contributed by atoms with Gasteiger partial charge in [0.25, 0.3) is 0 Å². The van der Waals surface area contributed by atoms with Crippen LogP contribution < -0.4 is 15.0 Å². The van der Waals surface area contributed by atoms with E-state index in [1.54, 1.807) is 41.9 Å². The maximum atomic E-state index is 15.6. The lowest BCUT2D eigenvalue weighted by Gasteiger charge is -2.41. The fourth-order valence-corrected chi connectivity index (χ4v) is 5.74.